The van der Waals surface area contributed by atoms with Gasteiger partial charge in [0.05, 0.1) is 7.11 Å². The number of aryl methyl sites for hydroxylation is 1. The number of benzene rings is 4. The molecule has 4 heteroatoms. The molecule has 0 bridgehead atoms. The average molecular weight is 422 g/mol. The molecule has 0 N–H and O–H groups in total. The number of rotatable bonds is 7. The van der Waals surface area contributed by atoms with E-state index in [0.717, 1.165) is 11.3 Å². The summed E-state index contributed by atoms with van der Waals surface area (Å²) in [4.78, 5) is 25.8. The Labute approximate surface area is 187 Å². The van der Waals surface area contributed by atoms with Crippen LogP contribution in [0, 0.1) is 6.92 Å². The lowest BCUT2D eigenvalue weighted by Gasteiger charge is -2.08. The first-order valence-electron chi connectivity index (χ1n) is 10.2. The predicted molar refractivity (Wildman–Crippen MR) is 124 cm³/mol. The maximum Gasteiger partial charge on any atom is 0.193 e. The largest absolute Gasteiger partial charge is 0.497 e. The quantitative estimate of drug-likeness (QED) is 0.330. The Morgan fingerprint density at radius 1 is 0.562 bits per heavy atom. The molecule has 0 aliphatic carbocycles. The van der Waals surface area contributed by atoms with E-state index in [1.807, 2.05) is 31.2 Å². The van der Waals surface area contributed by atoms with Gasteiger partial charge in [-0.05, 0) is 73.7 Å². The van der Waals surface area contributed by atoms with Crippen LogP contribution in [0.4, 0.5) is 0 Å². The molecule has 0 fully saturated rings. The summed E-state index contributed by atoms with van der Waals surface area (Å²) in [6, 6.07) is 28.4. The number of carbonyl (C=O) groups excluding carboxylic acids is 2. The van der Waals surface area contributed by atoms with Crippen molar-refractivity contribution in [1.29, 1.82) is 0 Å². The molecule has 4 aromatic rings. The maximum atomic E-state index is 13.0. The first kappa shape index (κ1) is 21.1. The molecule has 0 aliphatic heterocycles. The maximum absolute atomic E-state index is 13.0. The van der Waals surface area contributed by atoms with Gasteiger partial charge in [0, 0.05) is 22.3 Å². The number of methoxy groups -OCH3 is 1. The van der Waals surface area contributed by atoms with Gasteiger partial charge in [0.25, 0.3) is 0 Å². The zero-order chi connectivity index (χ0) is 22.5. The van der Waals surface area contributed by atoms with Gasteiger partial charge in [-0.3, -0.25) is 9.59 Å². The van der Waals surface area contributed by atoms with Crippen molar-refractivity contribution in [2.75, 3.05) is 7.11 Å². The molecule has 32 heavy (non-hydrogen) atoms. The standard InChI is InChI=1S/C28H22O4/c1-19-6-12-25(13-7-19)32-26-16-10-21(11-17-26)28(30)23-5-3-4-22(18-23)27(29)20-8-14-24(31-2)15-9-20/h3-18H,1-2H3. The number of ether oxygens (including phenoxy) is 2. The highest BCUT2D eigenvalue weighted by atomic mass is 16.5. The van der Waals surface area contributed by atoms with E-state index < -0.39 is 0 Å². The molecule has 0 saturated carbocycles. The fourth-order valence-corrected chi connectivity index (χ4v) is 3.29. The number of carbonyl (C=O) groups is 2. The fourth-order valence-electron chi connectivity index (χ4n) is 3.29. The van der Waals surface area contributed by atoms with Crippen LogP contribution in [0.25, 0.3) is 0 Å². The van der Waals surface area contributed by atoms with Crippen LogP contribution in [0.3, 0.4) is 0 Å². The van der Waals surface area contributed by atoms with Gasteiger partial charge in [-0.1, -0.05) is 35.9 Å². The Morgan fingerprint density at radius 3 is 1.47 bits per heavy atom. The van der Waals surface area contributed by atoms with E-state index in [1.54, 1.807) is 79.9 Å². The summed E-state index contributed by atoms with van der Waals surface area (Å²) in [6.07, 6.45) is 0. The lowest BCUT2D eigenvalue weighted by Crippen LogP contribution is -2.06. The van der Waals surface area contributed by atoms with E-state index in [-0.39, 0.29) is 11.6 Å². The van der Waals surface area contributed by atoms with Gasteiger partial charge in [-0.25, -0.2) is 0 Å². The molecule has 0 atom stereocenters. The molecule has 0 saturated heterocycles. The Bertz CT molecular complexity index is 1240. The number of hydrogen-bond acceptors (Lipinski definition) is 4. The van der Waals surface area contributed by atoms with E-state index >= 15 is 0 Å². The number of hydrogen-bond donors (Lipinski definition) is 0. The Hall–Kier alpha value is -4.18. The lowest BCUT2D eigenvalue weighted by molar-refractivity contribution is 0.103. The second kappa shape index (κ2) is 9.31. The topological polar surface area (TPSA) is 52.6 Å². The minimum atomic E-state index is -0.156. The van der Waals surface area contributed by atoms with Crippen LogP contribution in [0.1, 0.15) is 37.4 Å². The third-order valence-corrected chi connectivity index (χ3v) is 5.11. The van der Waals surface area contributed by atoms with Crippen LogP contribution >= 0.6 is 0 Å². The van der Waals surface area contributed by atoms with Gasteiger partial charge in [0.2, 0.25) is 0 Å². The molecule has 0 amide bonds. The summed E-state index contributed by atoms with van der Waals surface area (Å²) in [6.45, 7) is 2.02. The van der Waals surface area contributed by atoms with Gasteiger partial charge >= 0.3 is 0 Å². The molecular formula is C28H22O4. The molecule has 0 spiro atoms. The van der Waals surface area contributed by atoms with Gasteiger partial charge in [0.15, 0.2) is 11.6 Å². The van der Waals surface area contributed by atoms with Crippen LogP contribution in [-0.4, -0.2) is 18.7 Å². The van der Waals surface area contributed by atoms with Crippen molar-refractivity contribution in [2.24, 2.45) is 0 Å². The van der Waals surface area contributed by atoms with E-state index in [2.05, 4.69) is 0 Å². The molecular weight excluding hydrogens is 400 g/mol. The van der Waals surface area contributed by atoms with Crippen molar-refractivity contribution in [3.05, 3.63) is 125 Å². The Kier molecular flexibility index (Phi) is 6.13. The van der Waals surface area contributed by atoms with Crippen molar-refractivity contribution in [3.63, 3.8) is 0 Å². The molecule has 0 unspecified atom stereocenters. The monoisotopic (exact) mass is 422 g/mol. The van der Waals surface area contributed by atoms with E-state index in [1.165, 1.54) is 0 Å². The normalized spacial score (nSPS) is 10.4. The first-order valence-corrected chi connectivity index (χ1v) is 10.2. The smallest absolute Gasteiger partial charge is 0.193 e. The van der Waals surface area contributed by atoms with Crippen LogP contribution < -0.4 is 9.47 Å². The second-order valence-electron chi connectivity index (χ2n) is 7.41. The Morgan fingerprint density at radius 2 is 1.00 bits per heavy atom. The van der Waals surface area contributed by atoms with Crippen molar-refractivity contribution in [1.82, 2.24) is 0 Å². The molecule has 0 aromatic heterocycles. The Balaban J connectivity index is 1.50. The summed E-state index contributed by atoms with van der Waals surface area (Å²) < 4.78 is 11.0. The highest BCUT2D eigenvalue weighted by Gasteiger charge is 2.14. The van der Waals surface area contributed by atoms with Crippen LogP contribution in [0.2, 0.25) is 0 Å². The van der Waals surface area contributed by atoms with Gasteiger partial charge in [-0.15, -0.1) is 0 Å². The SMILES string of the molecule is COc1ccc(C(=O)c2cccc(C(=O)c3ccc(Oc4ccc(C)cc4)cc3)c2)cc1. The minimum absolute atomic E-state index is 0.149. The predicted octanol–water partition coefficient (Wildman–Crippen LogP) is 6.26. The summed E-state index contributed by atoms with van der Waals surface area (Å²) in [5, 5.41) is 0. The molecule has 0 heterocycles. The summed E-state index contributed by atoms with van der Waals surface area (Å²) in [5.41, 5.74) is 3.13. The van der Waals surface area contributed by atoms with Gasteiger partial charge in [0.1, 0.15) is 17.2 Å². The third-order valence-electron chi connectivity index (χ3n) is 5.11. The zero-order valence-electron chi connectivity index (χ0n) is 17.9. The fraction of sp³-hybridized carbons (Fsp3) is 0.0714. The molecule has 4 nitrogen and oxygen atoms in total. The van der Waals surface area contributed by atoms with E-state index in [0.29, 0.717) is 33.8 Å². The minimum Gasteiger partial charge on any atom is -0.497 e. The van der Waals surface area contributed by atoms with Crippen LogP contribution in [0.15, 0.2) is 97.1 Å². The summed E-state index contributed by atoms with van der Waals surface area (Å²) in [7, 11) is 1.58. The van der Waals surface area contributed by atoms with Crippen LogP contribution in [0.5, 0.6) is 17.2 Å². The summed E-state index contributed by atoms with van der Waals surface area (Å²) >= 11 is 0. The van der Waals surface area contributed by atoms with E-state index in [9.17, 15) is 9.59 Å². The molecule has 4 rings (SSSR count). The average Bonchev–Trinajstić information content (AvgIpc) is 2.85. The molecule has 158 valence electrons. The van der Waals surface area contributed by atoms with Gasteiger partial charge < -0.3 is 9.47 Å². The zero-order valence-corrected chi connectivity index (χ0v) is 17.9. The number of ketones is 2. The van der Waals surface area contributed by atoms with Crippen molar-refractivity contribution in [3.8, 4) is 17.2 Å². The first-order chi connectivity index (χ1) is 15.5. The molecule has 4 aromatic carbocycles. The highest BCUT2D eigenvalue weighted by Crippen LogP contribution is 2.23. The summed E-state index contributed by atoms with van der Waals surface area (Å²) in [5.74, 6) is 1.76. The molecule has 0 radical (unpaired) electrons. The van der Waals surface area contributed by atoms with Crippen molar-refractivity contribution in [2.45, 2.75) is 6.92 Å². The second-order valence-corrected chi connectivity index (χ2v) is 7.41. The van der Waals surface area contributed by atoms with Crippen molar-refractivity contribution < 1.29 is 19.1 Å². The van der Waals surface area contributed by atoms with Crippen molar-refractivity contribution >= 4 is 11.6 Å². The third kappa shape index (κ3) is 4.76. The van der Waals surface area contributed by atoms with Crippen LogP contribution in [-0.2, 0) is 0 Å². The highest BCUT2D eigenvalue weighted by molar-refractivity contribution is 6.13. The molecule has 0 aliphatic rings. The van der Waals surface area contributed by atoms with Gasteiger partial charge in [-0.2, -0.15) is 0 Å². The van der Waals surface area contributed by atoms with E-state index in [4.69, 9.17) is 9.47 Å². The lowest BCUT2D eigenvalue weighted by atomic mass is 9.97.